The molecule has 0 saturated carbocycles. The third-order valence-electron chi connectivity index (χ3n) is 3.29. The number of thioether (sulfide) groups is 1. The predicted octanol–water partition coefficient (Wildman–Crippen LogP) is 2.10. The average Bonchev–Trinajstić information content (AvgIpc) is 3.07. The summed E-state index contributed by atoms with van der Waals surface area (Å²) in [6.07, 6.45) is 2.06. The molecule has 0 amide bonds. The monoisotopic (exact) mass is 296 g/mol. The largest absolute Gasteiger partial charge is 0.333 e. The number of aromatic nitrogens is 2. The van der Waals surface area contributed by atoms with Crippen LogP contribution in [0.1, 0.15) is 11.9 Å². The Morgan fingerprint density at radius 3 is 3.26 bits per heavy atom. The zero-order valence-corrected chi connectivity index (χ0v) is 12.6. The molecular weight excluding hydrogens is 280 g/mol. The molecule has 3 rings (SSSR count). The molecule has 19 heavy (non-hydrogen) atoms. The Morgan fingerprint density at radius 2 is 2.47 bits per heavy atom. The van der Waals surface area contributed by atoms with Crippen molar-refractivity contribution >= 4 is 23.1 Å². The summed E-state index contributed by atoms with van der Waals surface area (Å²) in [5, 5.41) is 9.57. The fourth-order valence-electron chi connectivity index (χ4n) is 2.17. The third-order valence-corrected chi connectivity index (χ3v) is 5.11. The molecule has 1 aliphatic heterocycles. The first-order valence-electron chi connectivity index (χ1n) is 6.16. The van der Waals surface area contributed by atoms with Gasteiger partial charge >= 0.3 is 0 Å². The zero-order valence-electron chi connectivity index (χ0n) is 10.9. The highest BCUT2D eigenvalue weighted by atomic mass is 32.2. The number of nitrogens with one attached hydrogen (secondary N) is 1. The van der Waals surface area contributed by atoms with Crippen molar-refractivity contribution in [1.82, 2.24) is 20.4 Å². The third kappa shape index (κ3) is 2.55. The van der Waals surface area contributed by atoms with Crippen LogP contribution < -0.4 is 5.32 Å². The number of rotatable bonds is 3. The lowest BCUT2D eigenvalue weighted by atomic mass is 10.2. The van der Waals surface area contributed by atoms with Crippen molar-refractivity contribution in [1.29, 1.82) is 0 Å². The Labute approximate surface area is 120 Å². The summed E-state index contributed by atoms with van der Waals surface area (Å²) >= 11 is 3.34. The fourth-order valence-corrected chi connectivity index (χ4v) is 3.84. The molecule has 0 spiro atoms. The number of hydrogen-bond donors (Lipinski definition) is 1. The maximum atomic E-state index is 5.43. The van der Waals surface area contributed by atoms with Gasteiger partial charge < -0.3 is 9.84 Å². The Morgan fingerprint density at radius 1 is 1.58 bits per heavy atom. The van der Waals surface area contributed by atoms with Crippen molar-refractivity contribution in [3.05, 3.63) is 17.3 Å². The minimum atomic E-state index is 0.198. The second-order valence-electron chi connectivity index (χ2n) is 4.48. The number of nitrogens with zero attached hydrogens (tertiary/aromatic N) is 3. The Bertz CT molecular complexity index is 553. The summed E-state index contributed by atoms with van der Waals surface area (Å²) in [6.45, 7) is 2.89. The molecule has 2 aromatic rings. The molecule has 0 aliphatic carbocycles. The molecule has 0 bridgehead atoms. The van der Waals surface area contributed by atoms with Gasteiger partial charge in [0.1, 0.15) is 4.88 Å². The molecule has 1 fully saturated rings. The van der Waals surface area contributed by atoms with Crippen molar-refractivity contribution in [2.75, 3.05) is 32.9 Å². The molecule has 0 radical (unpaired) electrons. The molecule has 5 nitrogen and oxygen atoms in total. The molecule has 102 valence electrons. The van der Waals surface area contributed by atoms with Crippen molar-refractivity contribution < 1.29 is 4.52 Å². The van der Waals surface area contributed by atoms with Crippen LogP contribution in [0.25, 0.3) is 10.8 Å². The topological polar surface area (TPSA) is 54.2 Å². The predicted molar refractivity (Wildman–Crippen MR) is 77.6 cm³/mol. The van der Waals surface area contributed by atoms with E-state index in [0.29, 0.717) is 5.89 Å². The second-order valence-corrected chi connectivity index (χ2v) is 6.24. The van der Waals surface area contributed by atoms with Crippen LogP contribution in [0.15, 0.2) is 20.9 Å². The van der Waals surface area contributed by atoms with Crippen LogP contribution in [0, 0.1) is 0 Å². The first kappa shape index (κ1) is 13.1. The average molecular weight is 296 g/mol. The Hall–Kier alpha value is -0.890. The van der Waals surface area contributed by atoms with E-state index in [9.17, 15) is 0 Å². The smallest absolute Gasteiger partial charge is 0.269 e. The number of thiophene rings is 1. The molecule has 1 atom stereocenters. The van der Waals surface area contributed by atoms with Crippen molar-refractivity contribution in [3.63, 3.8) is 0 Å². The Kier molecular flexibility index (Phi) is 3.88. The Balaban J connectivity index is 1.87. The zero-order chi connectivity index (χ0) is 13.2. The van der Waals surface area contributed by atoms with Gasteiger partial charge in [-0.3, -0.25) is 4.90 Å². The fraction of sp³-hybridized carbons (Fsp3) is 0.500. The van der Waals surface area contributed by atoms with E-state index in [1.807, 2.05) is 0 Å². The van der Waals surface area contributed by atoms with E-state index >= 15 is 0 Å². The summed E-state index contributed by atoms with van der Waals surface area (Å²) in [7, 11) is 2.10. The van der Waals surface area contributed by atoms with Crippen LogP contribution in [0.2, 0.25) is 0 Å². The van der Waals surface area contributed by atoms with E-state index in [1.54, 1.807) is 23.1 Å². The van der Waals surface area contributed by atoms with E-state index in [-0.39, 0.29) is 6.04 Å². The highest BCUT2D eigenvalue weighted by Crippen LogP contribution is 2.34. The highest BCUT2D eigenvalue weighted by molar-refractivity contribution is 7.98. The molecule has 3 heterocycles. The van der Waals surface area contributed by atoms with E-state index in [1.165, 1.54) is 4.90 Å². The quantitative estimate of drug-likeness (QED) is 0.875. The van der Waals surface area contributed by atoms with E-state index in [0.717, 1.165) is 30.3 Å². The van der Waals surface area contributed by atoms with Gasteiger partial charge in [-0.05, 0) is 24.7 Å². The molecule has 1 saturated heterocycles. The van der Waals surface area contributed by atoms with Crippen molar-refractivity contribution in [3.8, 4) is 10.8 Å². The van der Waals surface area contributed by atoms with Gasteiger partial charge in [0, 0.05) is 24.5 Å². The summed E-state index contributed by atoms with van der Waals surface area (Å²) in [5.74, 6) is 1.40. The van der Waals surface area contributed by atoms with Gasteiger partial charge in [-0.2, -0.15) is 4.98 Å². The molecule has 1 unspecified atom stereocenters. The summed E-state index contributed by atoms with van der Waals surface area (Å²) in [5.41, 5.74) is 0. The highest BCUT2D eigenvalue weighted by Gasteiger charge is 2.26. The van der Waals surface area contributed by atoms with Gasteiger partial charge in [0.05, 0.1) is 6.04 Å². The summed E-state index contributed by atoms with van der Waals surface area (Å²) in [6, 6.07) is 2.28. The van der Waals surface area contributed by atoms with Gasteiger partial charge in [-0.25, -0.2) is 0 Å². The molecule has 0 aromatic carbocycles. The normalized spacial score (nSPS) is 20.8. The molecule has 7 heteroatoms. The number of piperazine rings is 1. The molecular formula is C12H16N4OS2. The van der Waals surface area contributed by atoms with E-state index < -0.39 is 0 Å². The van der Waals surface area contributed by atoms with Gasteiger partial charge in [0.25, 0.3) is 5.89 Å². The lowest BCUT2D eigenvalue weighted by Gasteiger charge is -2.30. The number of hydrogen-bond acceptors (Lipinski definition) is 7. The first-order chi connectivity index (χ1) is 9.29. The molecule has 1 aliphatic rings. The van der Waals surface area contributed by atoms with Gasteiger partial charge in [0.2, 0.25) is 0 Å². The van der Waals surface area contributed by atoms with Crippen LogP contribution >= 0.6 is 23.1 Å². The summed E-state index contributed by atoms with van der Waals surface area (Å²) in [4.78, 5) is 9.09. The van der Waals surface area contributed by atoms with Crippen molar-refractivity contribution in [2.45, 2.75) is 10.9 Å². The second kappa shape index (κ2) is 5.62. The molecule has 2 aromatic heterocycles. The van der Waals surface area contributed by atoms with Gasteiger partial charge in [0.15, 0.2) is 5.82 Å². The van der Waals surface area contributed by atoms with Gasteiger partial charge in [-0.1, -0.05) is 5.16 Å². The van der Waals surface area contributed by atoms with E-state index in [4.69, 9.17) is 4.52 Å². The first-order valence-corrected chi connectivity index (χ1v) is 8.26. The minimum absolute atomic E-state index is 0.198. The summed E-state index contributed by atoms with van der Waals surface area (Å²) < 4.78 is 5.43. The van der Waals surface area contributed by atoms with E-state index in [2.05, 4.69) is 45.1 Å². The van der Waals surface area contributed by atoms with Crippen LogP contribution in [0.3, 0.4) is 0 Å². The van der Waals surface area contributed by atoms with Crippen LogP contribution in [-0.2, 0) is 0 Å². The van der Waals surface area contributed by atoms with Gasteiger partial charge in [-0.15, -0.1) is 23.1 Å². The minimum Gasteiger partial charge on any atom is -0.333 e. The number of likely N-dealkylation sites (N-methyl/N-ethyl adjacent to an activating group) is 1. The van der Waals surface area contributed by atoms with Crippen LogP contribution in [-0.4, -0.2) is 48.0 Å². The lowest BCUT2D eigenvalue weighted by Crippen LogP contribution is -2.44. The van der Waals surface area contributed by atoms with Crippen LogP contribution in [0.5, 0.6) is 0 Å². The maximum Gasteiger partial charge on any atom is 0.269 e. The SMILES string of the molecule is CSc1ccsc1-c1nc(C2CNCCN2C)no1. The lowest BCUT2D eigenvalue weighted by molar-refractivity contribution is 0.190. The maximum absolute atomic E-state index is 5.43. The van der Waals surface area contributed by atoms with Crippen LogP contribution in [0.4, 0.5) is 0 Å². The van der Waals surface area contributed by atoms with Crippen molar-refractivity contribution in [2.24, 2.45) is 0 Å². The molecule has 1 N–H and O–H groups in total. The standard InChI is InChI=1S/C12H16N4OS2/c1-16-5-4-13-7-8(16)11-14-12(17-15-11)10-9(18-2)3-6-19-10/h3,6,8,13H,4-5,7H2,1-2H3.